The van der Waals surface area contributed by atoms with Crippen molar-refractivity contribution in [2.75, 3.05) is 26.1 Å². The second kappa shape index (κ2) is 8.25. The van der Waals surface area contributed by atoms with Crippen molar-refractivity contribution in [2.45, 2.75) is 32.1 Å². The molecule has 0 bridgehead atoms. The lowest BCUT2D eigenvalue weighted by Crippen LogP contribution is -2.55. The van der Waals surface area contributed by atoms with Crippen LogP contribution in [-0.4, -0.2) is 47.5 Å². The van der Waals surface area contributed by atoms with Gasteiger partial charge >= 0.3 is 0 Å². The second-order valence-electron chi connectivity index (χ2n) is 9.17. The Kier molecular flexibility index (Phi) is 5.24. The molecule has 2 unspecified atom stereocenters. The van der Waals surface area contributed by atoms with E-state index in [0.29, 0.717) is 31.1 Å². The van der Waals surface area contributed by atoms with Crippen LogP contribution in [0.3, 0.4) is 0 Å². The summed E-state index contributed by atoms with van der Waals surface area (Å²) in [6, 6.07) is 7.44. The van der Waals surface area contributed by atoms with Crippen molar-refractivity contribution in [3.63, 3.8) is 0 Å². The summed E-state index contributed by atoms with van der Waals surface area (Å²) in [4.78, 5) is 31.8. The van der Waals surface area contributed by atoms with Crippen LogP contribution in [0, 0.1) is 5.92 Å². The first kappa shape index (κ1) is 22.9. The molecule has 0 saturated heterocycles. The number of carbonyl (C=O) groups is 2. The Labute approximate surface area is 211 Å². The summed E-state index contributed by atoms with van der Waals surface area (Å²) in [5.74, 6) is 0.192. The molecule has 10 heteroatoms. The smallest absolute Gasteiger partial charge is 0.236 e. The number of carbonyl (C=O) groups excluding carboxylic acids is 2. The van der Waals surface area contributed by atoms with Gasteiger partial charge < -0.3 is 28.8 Å². The summed E-state index contributed by atoms with van der Waals surface area (Å²) in [6.07, 6.45) is 1.85. The number of rotatable bonds is 4. The van der Waals surface area contributed by atoms with Crippen LogP contribution in [0.25, 0.3) is 11.0 Å². The number of hydrogen-bond acceptors (Lipinski definition) is 8. The highest BCUT2D eigenvalue weighted by Crippen LogP contribution is 2.53. The van der Waals surface area contributed by atoms with E-state index in [9.17, 15) is 9.59 Å². The van der Waals surface area contributed by atoms with Crippen LogP contribution in [0.5, 0.6) is 17.2 Å². The Morgan fingerprint density at radius 3 is 2.75 bits per heavy atom. The summed E-state index contributed by atoms with van der Waals surface area (Å²) >= 11 is 6.46. The van der Waals surface area contributed by atoms with Crippen molar-refractivity contribution in [1.29, 1.82) is 0 Å². The molecule has 36 heavy (non-hydrogen) atoms. The molecule has 2 atom stereocenters. The molecule has 0 saturated carbocycles. The molecule has 1 N–H and O–H groups in total. The monoisotopic (exact) mass is 509 g/mol. The normalized spacial score (nSPS) is 22.8. The SMILES string of the molecule is COc1cc(OC)c2c(c1Cl)OC1(C(=O)C=C(Nc3ccc4c(c3)nc3n4CCOC3)CC1C)C2=O. The van der Waals surface area contributed by atoms with Crippen LogP contribution >= 0.6 is 11.6 Å². The molecule has 186 valence electrons. The lowest BCUT2D eigenvalue weighted by Gasteiger charge is -2.35. The number of nitrogens with one attached hydrogen (secondary N) is 1. The van der Waals surface area contributed by atoms with Gasteiger partial charge in [0.2, 0.25) is 17.2 Å². The van der Waals surface area contributed by atoms with Crippen molar-refractivity contribution in [2.24, 2.45) is 5.92 Å². The fourth-order valence-corrected chi connectivity index (χ4v) is 5.60. The number of imidazole rings is 1. The average Bonchev–Trinajstić information content (AvgIpc) is 3.39. The maximum absolute atomic E-state index is 13.6. The van der Waals surface area contributed by atoms with Gasteiger partial charge in [0.05, 0.1) is 31.9 Å². The lowest BCUT2D eigenvalue weighted by atomic mass is 9.74. The lowest BCUT2D eigenvalue weighted by molar-refractivity contribution is -0.129. The Balaban J connectivity index is 1.32. The summed E-state index contributed by atoms with van der Waals surface area (Å²) < 4.78 is 24.5. The minimum absolute atomic E-state index is 0.112. The molecule has 1 aliphatic carbocycles. The van der Waals surface area contributed by atoms with Crippen molar-refractivity contribution >= 4 is 39.9 Å². The van der Waals surface area contributed by atoms with Crippen LogP contribution in [0.1, 0.15) is 29.5 Å². The van der Waals surface area contributed by atoms with Gasteiger partial charge in [-0.25, -0.2) is 4.98 Å². The highest BCUT2D eigenvalue weighted by atomic mass is 35.5. The molecule has 9 nitrogen and oxygen atoms in total. The van der Waals surface area contributed by atoms with Gasteiger partial charge in [-0.15, -0.1) is 0 Å². The summed E-state index contributed by atoms with van der Waals surface area (Å²) in [5, 5.41) is 3.46. The number of ether oxygens (including phenoxy) is 4. The number of halogens is 1. The zero-order valence-electron chi connectivity index (χ0n) is 20.0. The number of Topliss-reactive ketones (excluding diaryl/α,β-unsaturated/α-hetero) is 1. The van der Waals surface area contributed by atoms with Crippen molar-refractivity contribution < 1.29 is 28.5 Å². The van der Waals surface area contributed by atoms with Gasteiger partial charge in [0.1, 0.15) is 34.5 Å². The number of ketones is 2. The number of nitrogens with zero attached hydrogens (tertiary/aromatic N) is 2. The molecule has 0 amide bonds. The highest BCUT2D eigenvalue weighted by Gasteiger charge is 2.60. The second-order valence-corrected chi connectivity index (χ2v) is 9.54. The summed E-state index contributed by atoms with van der Waals surface area (Å²) in [6.45, 7) is 3.75. The molecule has 6 rings (SSSR count). The first-order chi connectivity index (χ1) is 17.4. The van der Waals surface area contributed by atoms with Gasteiger partial charge in [0.25, 0.3) is 0 Å². The number of methoxy groups -OCH3 is 2. The quantitative estimate of drug-likeness (QED) is 0.523. The average molecular weight is 510 g/mol. The van der Waals surface area contributed by atoms with E-state index >= 15 is 0 Å². The molecular formula is C26H24ClN3O6. The largest absolute Gasteiger partial charge is 0.496 e. The minimum atomic E-state index is -1.70. The van der Waals surface area contributed by atoms with Gasteiger partial charge in [-0.3, -0.25) is 9.59 Å². The van der Waals surface area contributed by atoms with E-state index in [1.165, 1.54) is 26.4 Å². The number of allylic oxidation sites excluding steroid dienone is 1. The Bertz CT molecular complexity index is 1480. The number of aromatic nitrogens is 2. The standard InChI is InChI=1S/C26H24ClN3O6/c1-13-8-15(28-14-4-5-17-16(9-14)29-21-12-35-7-6-30(17)21)10-20(31)26(13)25(32)22-18(33-2)11-19(34-3)23(27)24(22)36-26/h4-5,9-11,13,28H,6-8,12H2,1-3H3. The fourth-order valence-electron chi connectivity index (χ4n) is 5.34. The molecule has 2 aromatic carbocycles. The van der Waals surface area contributed by atoms with Crippen molar-refractivity contribution in [1.82, 2.24) is 9.55 Å². The summed E-state index contributed by atoms with van der Waals surface area (Å²) in [7, 11) is 2.90. The molecule has 1 spiro atoms. The van der Waals surface area contributed by atoms with E-state index in [0.717, 1.165) is 29.1 Å². The fraction of sp³-hybridized carbons (Fsp3) is 0.346. The zero-order chi connectivity index (χ0) is 25.2. The number of benzene rings is 2. The molecular weight excluding hydrogens is 486 g/mol. The third-order valence-corrected chi connectivity index (χ3v) is 7.49. The molecule has 3 heterocycles. The maximum Gasteiger partial charge on any atom is 0.236 e. The number of anilines is 1. The van der Waals surface area contributed by atoms with E-state index in [-0.39, 0.29) is 22.1 Å². The third-order valence-electron chi connectivity index (χ3n) is 7.13. The van der Waals surface area contributed by atoms with E-state index in [2.05, 4.69) is 14.9 Å². The Morgan fingerprint density at radius 2 is 2.00 bits per heavy atom. The molecule has 2 aliphatic heterocycles. The van der Waals surface area contributed by atoms with E-state index in [1.807, 2.05) is 25.1 Å². The molecule has 0 radical (unpaired) electrons. The van der Waals surface area contributed by atoms with Gasteiger partial charge in [-0.2, -0.15) is 0 Å². The van der Waals surface area contributed by atoms with E-state index < -0.39 is 23.1 Å². The Morgan fingerprint density at radius 1 is 1.19 bits per heavy atom. The predicted octanol–water partition coefficient (Wildman–Crippen LogP) is 4.16. The van der Waals surface area contributed by atoms with Crippen LogP contribution in [0.2, 0.25) is 5.02 Å². The summed E-state index contributed by atoms with van der Waals surface area (Å²) in [5.41, 5.74) is 1.85. The van der Waals surface area contributed by atoms with E-state index in [4.69, 9.17) is 30.5 Å². The van der Waals surface area contributed by atoms with Crippen LogP contribution in [0.15, 0.2) is 36.0 Å². The first-order valence-corrected chi connectivity index (χ1v) is 12.0. The number of hydrogen-bond donors (Lipinski definition) is 1. The minimum Gasteiger partial charge on any atom is -0.496 e. The van der Waals surface area contributed by atoms with Crippen LogP contribution in [-0.2, 0) is 22.7 Å². The van der Waals surface area contributed by atoms with E-state index in [1.54, 1.807) is 0 Å². The zero-order valence-corrected chi connectivity index (χ0v) is 20.8. The van der Waals surface area contributed by atoms with Gasteiger partial charge in [0, 0.05) is 36.0 Å². The molecule has 3 aromatic rings. The third kappa shape index (κ3) is 3.16. The molecule has 0 fully saturated rings. The number of fused-ring (bicyclic) bond motifs is 4. The van der Waals surface area contributed by atoms with Crippen molar-refractivity contribution in [3.05, 3.63) is 52.4 Å². The van der Waals surface area contributed by atoms with Crippen molar-refractivity contribution in [3.8, 4) is 17.2 Å². The van der Waals surface area contributed by atoms with Crippen LogP contribution in [0.4, 0.5) is 5.69 Å². The predicted molar refractivity (Wildman–Crippen MR) is 132 cm³/mol. The highest BCUT2D eigenvalue weighted by molar-refractivity contribution is 6.36. The first-order valence-electron chi connectivity index (χ1n) is 11.6. The van der Waals surface area contributed by atoms with Gasteiger partial charge in [-0.05, 0) is 24.6 Å². The molecule has 3 aliphatic rings. The van der Waals surface area contributed by atoms with Crippen LogP contribution < -0.4 is 19.5 Å². The maximum atomic E-state index is 13.6. The van der Waals surface area contributed by atoms with Gasteiger partial charge in [0.15, 0.2) is 5.75 Å². The molecule has 1 aromatic heterocycles. The Hall–Kier alpha value is -3.56. The topological polar surface area (TPSA) is 101 Å². The van der Waals surface area contributed by atoms with Gasteiger partial charge in [-0.1, -0.05) is 18.5 Å².